The maximum absolute atomic E-state index is 12.4. The van der Waals surface area contributed by atoms with Crippen LogP contribution in [0.3, 0.4) is 0 Å². The molecule has 8 heterocycles. The molecular weight excluding hydrogens is 960 g/mol. The number of rotatable bonds is 9. The number of nitrogens with zero attached hydrogens (tertiary/aromatic N) is 11. The average molecular weight is 1020 g/mol. The highest BCUT2D eigenvalue weighted by Gasteiger charge is 2.43. The van der Waals surface area contributed by atoms with E-state index in [1.165, 1.54) is 66.8 Å². The second-order valence-electron chi connectivity index (χ2n) is 19.7. The summed E-state index contributed by atoms with van der Waals surface area (Å²) < 4.78 is 5.55. The number of hydrogen-bond donors (Lipinski definition) is 2. The van der Waals surface area contributed by atoms with Crippen LogP contribution < -0.4 is 15.3 Å². The van der Waals surface area contributed by atoms with Gasteiger partial charge in [0.15, 0.2) is 0 Å². The second kappa shape index (κ2) is 25.4. The Morgan fingerprint density at radius 2 is 0.863 bits per heavy atom. The lowest BCUT2D eigenvalue weighted by Crippen LogP contribution is -2.56. The van der Waals surface area contributed by atoms with E-state index in [0.717, 1.165) is 55.1 Å². The van der Waals surface area contributed by atoms with Crippen LogP contribution in [0.25, 0.3) is 0 Å². The Kier molecular flexibility index (Phi) is 18.3. The minimum atomic E-state index is -1.53. The molecule has 18 heteroatoms. The summed E-state index contributed by atoms with van der Waals surface area (Å²) in [6, 6.07) is 32.9. The van der Waals surface area contributed by atoms with Gasteiger partial charge in [0.2, 0.25) is 22.5 Å². The zero-order chi connectivity index (χ0) is 51.2. The summed E-state index contributed by atoms with van der Waals surface area (Å²) in [7, 11) is -1.53. The van der Waals surface area contributed by atoms with Crippen molar-refractivity contribution in [3.8, 4) is 0 Å². The third-order valence-corrected chi connectivity index (χ3v) is 13.4. The third kappa shape index (κ3) is 15.5. The van der Waals surface area contributed by atoms with Gasteiger partial charge in [-0.1, -0.05) is 91.0 Å². The maximum Gasteiger partial charge on any atom is 0.491 e. The fraction of sp³-hybridized carbons (Fsp3) is 0.364. The van der Waals surface area contributed by atoms with Gasteiger partial charge in [0.1, 0.15) is 5.60 Å². The van der Waals surface area contributed by atoms with Crippen LogP contribution in [0.1, 0.15) is 99.1 Å². The van der Waals surface area contributed by atoms with Crippen LogP contribution >= 0.6 is 23.2 Å². The Balaban J connectivity index is 0.000000139. The topological polar surface area (TPSA) is 180 Å². The number of hydrogen-bond acceptors (Lipinski definition) is 14. The standard InChI is InChI=1S/C22H28N4O2.C18H21N3.C11H9ClN2.C4H4BClN2O2/c1-22(2,3)28-21(27)25-14-18-9-10-19(15-25)26(18)20-23-12-17(13-24-20)11-16-7-5-4-6-8-16;1-2-5-14(6-3-1)11-15-12-19-18(20-13-15)21-16-7-4-8-17(21)10-9-16;12-11-13-7-10(8-14-11)6-9-4-2-1-3-5-9;6-4-7-1-3(2-8-4)5(9)10/h4-8,12-13,18-19H,9-11,14-15H2,1-3H3;1-3,5-6,12-13,16-17H,4,7-11H2;1-5,7-8H,6H2;1-2,9-10H. The molecule has 4 aliphatic heterocycles. The number of anilines is 2. The Morgan fingerprint density at radius 1 is 0.521 bits per heavy atom. The first-order chi connectivity index (χ1) is 35.3. The molecular formula is C55H62BCl2N11O4. The molecule has 4 saturated heterocycles. The number of piperidine rings is 1. The summed E-state index contributed by atoms with van der Waals surface area (Å²) in [6.45, 7) is 7.04. The second-order valence-corrected chi connectivity index (χ2v) is 20.4. The SMILES string of the molecule is CC(C)(C)OC(=O)N1CC2CCC(C1)N2c1ncc(Cc2ccccc2)cn1.Clc1ncc(Cc2ccccc2)cn1.OB(O)c1cnc(Cl)nc1.c1ccc(Cc2cnc(N3C4CCCC3CC4)nc2)cc1. The quantitative estimate of drug-likeness (QED) is 0.104. The van der Waals surface area contributed by atoms with Crippen molar-refractivity contribution in [2.75, 3.05) is 22.9 Å². The van der Waals surface area contributed by atoms with Crippen molar-refractivity contribution in [3.63, 3.8) is 0 Å². The molecule has 4 aliphatic rings. The van der Waals surface area contributed by atoms with Crippen molar-refractivity contribution >= 4 is 53.8 Å². The Bertz CT molecular complexity index is 2740. The first-order valence-corrected chi connectivity index (χ1v) is 25.7. The van der Waals surface area contributed by atoms with Gasteiger partial charge in [0.25, 0.3) is 0 Å². The van der Waals surface area contributed by atoms with Gasteiger partial charge in [-0.3, -0.25) is 0 Å². The number of benzene rings is 3. The summed E-state index contributed by atoms with van der Waals surface area (Å²) >= 11 is 10.9. The number of fused-ring (bicyclic) bond motifs is 4. The van der Waals surface area contributed by atoms with Gasteiger partial charge in [0, 0.05) is 99.5 Å². The van der Waals surface area contributed by atoms with Crippen molar-refractivity contribution in [1.82, 2.24) is 44.8 Å². The number of halogens is 2. The Labute approximate surface area is 438 Å². The van der Waals surface area contributed by atoms with Gasteiger partial charge in [-0.05, 0) is 122 Å². The van der Waals surface area contributed by atoms with Gasteiger partial charge in [-0.15, -0.1) is 0 Å². The first-order valence-electron chi connectivity index (χ1n) is 24.9. The number of carbonyl (C=O) groups is 1. The maximum atomic E-state index is 12.4. The monoisotopic (exact) mass is 1020 g/mol. The van der Waals surface area contributed by atoms with Crippen molar-refractivity contribution < 1.29 is 19.6 Å². The lowest BCUT2D eigenvalue weighted by molar-refractivity contribution is 0.0208. The van der Waals surface area contributed by atoms with E-state index >= 15 is 0 Å². The molecule has 11 rings (SSSR count). The van der Waals surface area contributed by atoms with Gasteiger partial charge in [0.05, 0.1) is 12.1 Å². The van der Waals surface area contributed by atoms with Gasteiger partial charge in [-0.25, -0.2) is 44.7 Å². The molecule has 3 aromatic carbocycles. The number of ether oxygens (including phenoxy) is 1. The highest BCUT2D eigenvalue weighted by molar-refractivity contribution is 6.58. The molecule has 0 radical (unpaired) electrons. The van der Waals surface area contributed by atoms with Crippen LogP contribution in [0.15, 0.2) is 141 Å². The van der Waals surface area contributed by atoms with Crippen molar-refractivity contribution in [3.05, 3.63) is 185 Å². The summed E-state index contributed by atoms with van der Waals surface area (Å²) in [5.74, 6) is 1.71. The van der Waals surface area contributed by atoms with Crippen molar-refractivity contribution in [2.45, 2.75) is 115 Å². The van der Waals surface area contributed by atoms with E-state index in [-0.39, 0.29) is 28.9 Å². The van der Waals surface area contributed by atoms with E-state index in [1.54, 1.807) is 12.4 Å². The summed E-state index contributed by atoms with van der Waals surface area (Å²) in [5.41, 5.74) is 6.94. The third-order valence-electron chi connectivity index (χ3n) is 13.0. The highest BCUT2D eigenvalue weighted by atomic mass is 35.5. The van der Waals surface area contributed by atoms with Gasteiger partial charge < -0.3 is 29.5 Å². The van der Waals surface area contributed by atoms with Crippen LogP contribution in [0, 0.1) is 0 Å². The molecule has 2 N–H and O–H groups in total. The largest absolute Gasteiger partial charge is 0.491 e. The van der Waals surface area contributed by atoms with E-state index in [0.29, 0.717) is 30.5 Å². The molecule has 0 saturated carbocycles. The molecule has 73 heavy (non-hydrogen) atoms. The molecule has 4 bridgehead atoms. The fourth-order valence-corrected chi connectivity index (χ4v) is 9.87. The Hall–Kier alpha value is -6.59. The lowest BCUT2D eigenvalue weighted by atomic mass is 9.83. The number of amides is 1. The van der Waals surface area contributed by atoms with E-state index in [2.05, 4.69) is 104 Å². The molecule has 4 atom stereocenters. The first kappa shape index (κ1) is 52.7. The summed E-state index contributed by atoms with van der Waals surface area (Å²) in [4.78, 5) is 52.6. The molecule has 0 spiro atoms. The number of carbonyl (C=O) groups excluding carboxylic acids is 1. The molecule has 0 aliphatic carbocycles. The van der Waals surface area contributed by atoms with E-state index in [1.807, 2.05) is 86.9 Å². The van der Waals surface area contributed by atoms with Gasteiger partial charge in [-0.2, -0.15) is 0 Å². The predicted molar refractivity (Wildman–Crippen MR) is 286 cm³/mol. The molecule has 378 valence electrons. The van der Waals surface area contributed by atoms with Crippen LogP contribution in [0.4, 0.5) is 16.7 Å². The summed E-state index contributed by atoms with van der Waals surface area (Å²) in [5, 5.41) is 17.5. The molecule has 4 unspecified atom stereocenters. The molecule has 15 nitrogen and oxygen atoms in total. The normalized spacial score (nSPS) is 18.5. The molecule has 4 fully saturated rings. The van der Waals surface area contributed by atoms with Crippen molar-refractivity contribution in [2.24, 2.45) is 0 Å². The van der Waals surface area contributed by atoms with Gasteiger partial charge >= 0.3 is 13.2 Å². The number of aromatic nitrogens is 8. The van der Waals surface area contributed by atoms with E-state index < -0.39 is 12.7 Å². The highest BCUT2D eigenvalue weighted by Crippen LogP contribution is 2.38. The Morgan fingerprint density at radius 3 is 1.23 bits per heavy atom. The molecule has 4 aromatic heterocycles. The minimum absolute atomic E-state index is 0.0874. The predicted octanol–water partition coefficient (Wildman–Crippen LogP) is 8.77. The van der Waals surface area contributed by atoms with E-state index in [9.17, 15) is 4.79 Å². The van der Waals surface area contributed by atoms with Crippen LogP contribution in [0.2, 0.25) is 10.6 Å². The van der Waals surface area contributed by atoms with Crippen LogP contribution in [-0.2, 0) is 24.0 Å². The van der Waals surface area contributed by atoms with Crippen LogP contribution in [0.5, 0.6) is 0 Å². The number of piperazine rings is 1. The fourth-order valence-electron chi connectivity index (χ4n) is 9.67. The number of likely N-dealkylation sites (tertiary alicyclic amines) is 1. The smallest absolute Gasteiger partial charge is 0.444 e. The zero-order valence-corrected chi connectivity index (χ0v) is 43.0. The van der Waals surface area contributed by atoms with Crippen LogP contribution in [-0.4, -0.2) is 111 Å². The van der Waals surface area contributed by atoms with Crippen molar-refractivity contribution in [1.29, 1.82) is 0 Å². The molecule has 1 amide bonds. The minimum Gasteiger partial charge on any atom is -0.444 e. The van der Waals surface area contributed by atoms with E-state index in [4.69, 9.17) is 38.0 Å². The zero-order valence-electron chi connectivity index (χ0n) is 41.5. The lowest BCUT2D eigenvalue weighted by Gasteiger charge is -2.41. The molecule has 7 aromatic rings. The average Bonchev–Trinajstić information content (AvgIpc) is 3.80. The summed E-state index contributed by atoms with van der Waals surface area (Å²) in [6.07, 6.45) is 25.0.